The number of fused-ring (bicyclic) bond motifs is 2. The molecule has 3 fully saturated rings. The second-order valence-corrected chi connectivity index (χ2v) is 6.54. The molecule has 0 heterocycles. The van der Waals surface area contributed by atoms with Crippen LogP contribution in [0.5, 0.6) is 0 Å². The summed E-state index contributed by atoms with van der Waals surface area (Å²) >= 11 is 0. The summed E-state index contributed by atoms with van der Waals surface area (Å²) in [6.07, 6.45) is 12.8. The predicted octanol–water partition coefficient (Wildman–Crippen LogP) is 3.26. The fourth-order valence-corrected chi connectivity index (χ4v) is 4.33. The third kappa shape index (κ3) is 2.66. The minimum Gasteiger partial charge on any atom is -0.353 e. The normalized spacial score (nSPS) is 36.6. The van der Waals surface area contributed by atoms with E-state index < -0.39 is 0 Å². The van der Waals surface area contributed by atoms with Gasteiger partial charge in [-0.15, -0.1) is 0 Å². The molecule has 0 unspecified atom stereocenters. The highest BCUT2D eigenvalue weighted by atomic mass is 16.1. The topological polar surface area (TPSA) is 29.1 Å². The van der Waals surface area contributed by atoms with E-state index in [9.17, 15) is 4.79 Å². The molecule has 0 radical (unpaired) electrons. The molecule has 0 aromatic carbocycles. The third-order valence-electron chi connectivity index (χ3n) is 5.34. The second kappa shape index (κ2) is 4.99. The molecular formula is C15H25NO. The van der Waals surface area contributed by atoms with E-state index in [2.05, 4.69) is 5.32 Å². The smallest absolute Gasteiger partial charge is 0.220 e. The fraction of sp³-hybridized carbons (Fsp3) is 0.933. The van der Waals surface area contributed by atoms with E-state index in [1.54, 1.807) is 0 Å². The van der Waals surface area contributed by atoms with E-state index in [0.717, 1.165) is 30.6 Å². The first-order valence-corrected chi connectivity index (χ1v) is 7.60. The number of rotatable bonds is 4. The van der Waals surface area contributed by atoms with Gasteiger partial charge in [0, 0.05) is 12.5 Å². The van der Waals surface area contributed by atoms with Gasteiger partial charge >= 0.3 is 0 Å². The van der Waals surface area contributed by atoms with Crippen LogP contribution in [0, 0.1) is 17.8 Å². The zero-order valence-electron chi connectivity index (χ0n) is 10.8. The number of carbonyl (C=O) groups excluding carboxylic acids is 1. The first-order valence-electron chi connectivity index (χ1n) is 7.60. The molecule has 0 aromatic heterocycles. The van der Waals surface area contributed by atoms with Crippen LogP contribution in [0.4, 0.5) is 0 Å². The summed E-state index contributed by atoms with van der Waals surface area (Å²) in [7, 11) is 0. The van der Waals surface area contributed by atoms with Crippen molar-refractivity contribution in [2.45, 2.75) is 70.3 Å². The zero-order valence-corrected chi connectivity index (χ0v) is 10.8. The average Bonchev–Trinajstić information content (AvgIpc) is 3.03. The quantitative estimate of drug-likeness (QED) is 0.796. The van der Waals surface area contributed by atoms with Crippen LogP contribution in [-0.4, -0.2) is 11.9 Å². The first kappa shape index (κ1) is 11.6. The van der Waals surface area contributed by atoms with Crippen LogP contribution in [0.1, 0.15) is 64.2 Å². The highest BCUT2D eigenvalue weighted by Crippen LogP contribution is 2.44. The Bertz CT molecular complexity index is 283. The largest absolute Gasteiger partial charge is 0.353 e. The van der Waals surface area contributed by atoms with E-state index in [1.807, 2.05) is 0 Å². The molecule has 1 amide bonds. The lowest BCUT2D eigenvalue weighted by molar-refractivity contribution is -0.122. The van der Waals surface area contributed by atoms with Gasteiger partial charge in [-0.3, -0.25) is 4.79 Å². The fourth-order valence-electron chi connectivity index (χ4n) is 4.33. The predicted molar refractivity (Wildman–Crippen MR) is 68.6 cm³/mol. The molecule has 0 aliphatic heterocycles. The van der Waals surface area contributed by atoms with Crippen molar-refractivity contribution >= 4 is 5.91 Å². The summed E-state index contributed by atoms with van der Waals surface area (Å²) in [6, 6.07) is 0.532. The summed E-state index contributed by atoms with van der Waals surface area (Å²) in [4.78, 5) is 11.9. The molecule has 0 spiro atoms. The Hall–Kier alpha value is -0.530. The van der Waals surface area contributed by atoms with Gasteiger partial charge in [0.25, 0.3) is 0 Å². The zero-order chi connectivity index (χ0) is 11.7. The van der Waals surface area contributed by atoms with Gasteiger partial charge in [-0.2, -0.15) is 0 Å². The van der Waals surface area contributed by atoms with Crippen molar-refractivity contribution < 1.29 is 4.79 Å². The lowest BCUT2D eigenvalue weighted by Crippen LogP contribution is -2.38. The van der Waals surface area contributed by atoms with Crippen LogP contribution in [-0.2, 0) is 4.79 Å². The van der Waals surface area contributed by atoms with Crippen LogP contribution in [0.15, 0.2) is 0 Å². The molecule has 3 saturated carbocycles. The molecular weight excluding hydrogens is 210 g/mol. The van der Waals surface area contributed by atoms with Crippen molar-refractivity contribution in [1.82, 2.24) is 5.32 Å². The Labute approximate surface area is 105 Å². The summed E-state index contributed by atoms with van der Waals surface area (Å²) in [5, 5.41) is 3.30. The molecule has 2 nitrogen and oxygen atoms in total. The minimum absolute atomic E-state index is 0.328. The summed E-state index contributed by atoms with van der Waals surface area (Å²) in [5.74, 6) is 2.92. The highest BCUT2D eigenvalue weighted by Gasteiger charge is 2.39. The van der Waals surface area contributed by atoms with Crippen molar-refractivity contribution in [2.75, 3.05) is 0 Å². The van der Waals surface area contributed by atoms with Gasteiger partial charge in [0.1, 0.15) is 0 Å². The maximum absolute atomic E-state index is 11.9. The number of nitrogens with one attached hydrogen (secondary N) is 1. The van der Waals surface area contributed by atoms with Gasteiger partial charge < -0.3 is 5.32 Å². The van der Waals surface area contributed by atoms with Crippen LogP contribution >= 0.6 is 0 Å². The average molecular weight is 235 g/mol. The highest BCUT2D eigenvalue weighted by molar-refractivity contribution is 5.76. The molecule has 3 aliphatic rings. The Morgan fingerprint density at radius 1 is 1.06 bits per heavy atom. The van der Waals surface area contributed by atoms with Crippen LogP contribution in [0.2, 0.25) is 0 Å². The first-order chi connectivity index (χ1) is 8.31. The maximum Gasteiger partial charge on any atom is 0.220 e. The van der Waals surface area contributed by atoms with Gasteiger partial charge in [0.05, 0.1) is 0 Å². The molecule has 1 N–H and O–H groups in total. The van der Waals surface area contributed by atoms with E-state index in [1.165, 1.54) is 51.4 Å². The Morgan fingerprint density at radius 3 is 2.53 bits per heavy atom. The molecule has 3 atom stereocenters. The molecule has 17 heavy (non-hydrogen) atoms. The number of carbonyl (C=O) groups is 1. The Kier molecular flexibility index (Phi) is 3.39. The molecule has 2 bridgehead atoms. The lowest BCUT2D eigenvalue weighted by Gasteiger charge is -2.23. The second-order valence-electron chi connectivity index (χ2n) is 6.54. The SMILES string of the molecule is O=C(CCC1CCCC1)N[C@@H]1C[C@H]2CC[C@H]1C2. The van der Waals surface area contributed by atoms with Crippen molar-refractivity contribution in [3.8, 4) is 0 Å². The summed E-state index contributed by atoms with van der Waals surface area (Å²) in [6.45, 7) is 0. The summed E-state index contributed by atoms with van der Waals surface area (Å²) < 4.78 is 0. The summed E-state index contributed by atoms with van der Waals surface area (Å²) in [5.41, 5.74) is 0. The van der Waals surface area contributed by atoms with Crippen LogP contribution < -0.4 is 5.32 Å². The van der Waals surface area contributed by atoms with Crippen molar-refractivity contribution in [3.05, 3.63) is 0 Å². The molecule has 0 aromatic rings. The van der Waals surface area contributed by atoms with Crippen molar-refractivity contribution in [2.24, 2.45) is 17.8 Å². The number of amides is 1. The van der Waals surface area contributed by atoms with Crippen LogP contribution in [0.25, 0.3) is 0 Å². The van der Waals surface area contributed by atoms with Gasteiger partial charge in [0.2, 0.25) is 5.91 Å². The molecule has 0 saturated heterocycles. The monoisotopic (exact) mass is 235 g/mol. The molecule has 3 rings (SSSR count). The Morgan fingerprint density at radius 2 is 1.88 bits per heavy atom. The van der Waals surface area contributed by atoms with Crippen molar-refractivity contribution in [1.29, 1.82) is 0 Å². The van der Waals surface area contributed by atoms with Gasteiger partial charge in [0.15, 0.2) is 0 Å². The maximum atomic E-state index is 11.9. The van der Waals surface area contributed by atoms with Crippen molar-refractivity contribution in [3.63, 3.8) is 0 Å². The van der Waals surface area contributed by atoms with Gasteiger partial charge in [-0.05, 0) is 43.4 Å². The van der Waals surface area contributed by atoms with Gasteiger partial charge in [-0.25, -0.2) is 0 Å². The van der Waals surface area contributed by atoms with E-state index >= 15 is 0 Å². The van der Waals surface area contributed by atoms with E-state index in [-0.39, 0.29) is 0 Å². The number of hydrogen-bond acceptors (Lipinski definition) is 1. The third-order valence-corrected chi connectivity index (χ3v) is 5.34. The lowest BCUT2D eigenvalue weighted by atomic mass is 9.95. The van der Waals surface area contributed by atoms with E-state index in [0.29, 0.717) is 11.9 Å². The molecule has 2 heteroatoms. The van der Waals surface area contributed by atoms with E-state index in [4.69, 9.17) is 0 Å². The Balaban J connectivity index is 1.38. The van der Waals surface area contributed by atoms with Gasteiger partial charge in [-0.1, -0.05) is 32.1 Å². The number of hydrogen-bond donors (Lipinski definition) is 1. The van der Waals surface area contributed by atoms with Crippen LogP contribution in [0.3, 0.4) is 0 Å². The molecule has 96 valence electrons. The molecule has 3 aliphatic carbocycles. The standard InChI is InChI=1S/C15H25NO/c17-15(8-6-11-3-1-2-4-11)16-14-10-12-5-7-13(14)9-12/h11-14H,1-10H2,(H,16,17)/t12-,13-,14+/m0/s1. The minimum atomic E-state index is 0.328.